The topological polar surface area (TPSA) is 89.0 Å². The predicted molar refractivity (Wildman–Crippen MR) is 173 cm³/mol. The molecule has 2 saturated heterocycles. The molecule has 2 aromatic carbocycles. The van der Waals surface area contributed by atoms with Crippen LogP contribution in [0.1, 0.15) is 36.0 Å². The molecule has 3 heterocycles. The number of ether oxygens (including phenoxy) is 1. The van der Waals surface area contributed by atoms with E-state index in [9.17, 15) is 5.11 Å². The molecule has 3 aliphatic rings. The molecular weight excluding hydrogens is 594 g/mol. The second kappa shape index (κ2) is 12.8. The van der Waals surface area contributed by atoms with Gasteiger partial charge in [-0.15, -0.1) is 0 Å². The molecule has 1 aromatic heterocycles. The number of halogens is 1. The minimum atomic E-state index is -0.312. The number of hydrogen-bond donors (Lipinski definition) is 3. The Hall–Kier alpha value is -2.92. The van der Waals surface area contributed by atoms with Crippen LogP contribution in [0.5, 0.6) is 5.75 Å². The van der Waals surface area contributed by atoms with Gasteiger partial charge in [-0.3, -0.25) is 4.90 Å². The fourth-order valence-corrected chi connectivity index (χ4v) is 6.88. The number of aliphatic hydroxyl groups is 1. The number of methoxy groups -OCH3 is 1. The molecule has 3 aromatic rings. The maximum atomic E-state index is 10.3. The first-order valence-electron chi connectivity index (χ1n) is 15.1. The first-order valence-corrected chi connectivity index (χ1v) is 15.9. The van der Waals surface area contributed by atoms with Gasteiger partial charge in [-0.2, -0.15) is 4.98 Å². The Labute approximate surface area is 257 Å². The molecular formula is C32H42BrN7O2. The maximum absolute atomic E-state index is 10.3. The van der Waals surface area contributed by atoms with E-state index < -0.39 is 0 Å². The van der Waals surface area contributed by atoms with Gasteiger partial charge in [-0.1, -0.05) is 12.1 Å². The molecule has 0 bridgehead atoms. The molecule has 1 atom stereocenters. The Bertz CT molecular complexity index is 1400. The van der Waals surface area contributed by atoms with Gasteiger partial charge in [-0.05, 0) is 84.4 Å². The van der Waals surface area contributed by atoms with Crippen molar-refractivity contribution in [3.8, 4) is 5.75 Å². The zero-order chi connectivity index (χ0) is 29.2. The number of nitrogens with one attached hydrogen (secondary N) is 2. The second-order valence-electron chi connectivity index (χ2n) is 11.9. The third-order valence-corrected chi connectivity index (χ3v) is 9.66. The third kappa shape index (κ3) is 6.37. The van der Waals surface area contributed by atoms with Crippen LogP contribution in [0, 0.1) is 6.92 Å². The number of hydrogen-bond acceptors (Lipinski definition) is 9. The minimum absolute atomic E-state index is 0.312. The molecule has 224 valence electrons. The molecule has 6 rings (SSSR count). The molecule has 1 aliphatic carbocycles. The number of rotatable bonds is 7. The molecule has 9 nitrogen and oxygen atoms in total. The summed E-state index contributed by atoms with van der Waals surface area (Å²) in [6.07, 6.45) is 6.15. The van der Waals surface area contributed by atoms with Crippen LogP contribution in [-0.2, 0) is 12.8 Å². The number of likely N-dealkylation sites (N-methyl/N-ethyl adjacent to an activating group) is 1. The Morgan fingerprint density at radius 2 is 1.79 bits per heavy atom. The first kappa shape index (κ1) is 29.2. The van der Waals surface area contributed by atoms with Crippen molar-refractivity contribution in [3.63, 3.8) is 0 Å². The summed E-state index contributed by atoms with van der Waals surface area (Å²) in [5.41, 5.74) is 6.64. The quantitative estimate of drug-likeness (QED) is 0.328. The van der Waals surface area contributed by atoms with Crippen LogP contribution in [0.15, 0.2) is 41.0 Å². The minimum Gasteiger partial charge on any atom is -0.494 e. The number of aromatic nitrogens is 2. The molecule has 10 heteroatoms. The predicted octanol–water partition coefficient (Wildman–Crippen LogP) is 5.11. The summed E-state index contributed by atoms with van der Waals surface area (Å²) >= 11 is 3.61. The number of piperazine rings is 1. The van der Waals surface area contributed by atoms with Crippen LogP contribution in [0.3, 0.4) is 0 Å². The van der Waals surface area contributed by atoms with Gasteiger partial charge in [0.25, 0.3) is 0 Å². The molecule has 0 saturated carbocycles. The van der Waals surface area contributed by atoms with Crippen molar-refractivity contribution in [2.45, 2.75) is 51.2 Å². The van der Waals surface area contributed by atoms with Crippen molar-refractivity contribution >= 4 is 44.8 Å². The third-order valence-electron chi connectivity index (χ3n) is 9.08. The second-order valence-corrected chi connectivity index (χ2v) is 12.7. The number of nitrogens with zero attached hydrogens (tertiary/aromatic N) is 5. The van der Waals surface area contributed by atoms with E-state index in [-0.39, 0.29) is 6.10 Å². The van der Waals surface area contributed by atoms with E-state index in [0.717, 1.165) is 53.1 Å². The number of piperidine rings is 1. The largest absolute Gasteiger partial charge is 0.494 e. The van der Waals surface area contributed by atoms with E-state index in [1.54, 1.807) is 13.3 Å². The van der Waals surface area contributed by atoms with E-state index in [2.05, 4.69) is 84.5 Å². The van der Waals surface area contributed by atoms with E-state index in [1.165, 1.54) is 55.8 Å². The van der Waals surface area contributed by atoms with Crippen LogP contribution in [-0.4, -0.2) is 90.4 Å². The van der Waals surface area contributed by atoms with Crippen molar-refractivity contribution in [1.29, 1.82) is 0 Å². The Morgan fingerprint density at radius 1 is 1.00 bits per heavy atom. The highest BCUT2D eigenvalue weighted by Gasteiger charge is 2.28. The van der Waals surface area contributed by atoms with Crippen LogP contribution < -0.4 is 20.3 Å². The highest BCUT2D eigenvalue weighted by molar-refractivity contribution is 9.10. The first-order chi connectivity index (χ1) is 20.4. The molecule has 0 spiro atoms. The van der Waals surface area contributed by atoms with Gasteiger partial charge in [0.1, 0.15) is 11.6 Å². The summed E-state index contributed by atoms with van der Waals surface area (Å²) in [5, 5.41) is 17.1. The molecule has 1 unspecified atom stereocenters. The fourth-order valence-electron chi connectivity index (χ4n) is 6.59. The van der Waals surface area contributed by atoms with Crippen LogP contribution in [0.25, 0.3) is 0 Å². The Morgan fingerprint density at radius 3 is 2.55 bits per heavy atom. The van der Waals surface area contributed by atoms with E-state index in [0.29, 0.717) is 24.2 Å². The van der Waals surface area contributed by atoms with Crippen molar-refractivity contribution in [1.82, 2.24) is 19.8 Å². The van der Waals surface area contributed by atoms with Crippen molar-refractivity contribution in [3.05, 3.63) is 57.7 Å². The van der Waals surface area contributed by atoms with Crippen LogP contribution in [0.2, 0.25) is 0 Å². The number of benzene rings is 2. The average molecular weight is 637 g/mol. The molecule has 2 fully saturated rings. The average Bonchev–Trinajstić information content (AvgIpc) is 3.00. The SMILES string of the molecule is COc1cc(N2CCC(N3CCN(C)CC3)CC2)c(C)cc1Nc1ncc(Br)c(Nc2cccc3c2CC(O)CC3)n1. The van der Waals surface area contributed by atoms with E-state index in [4.69, 9.17) is 9.72 Å². The maximum Gasteiger partial charge on any atom is 0.229 e. The zero-order valence-corrected chi connectivity index (χ0v) is 26.5. The van der Waals surface area contributed by atoms with E-state index in [1.807, 2.05) is 6.07 Å². The zero-order valence-electron chi connectivity index (χ0n) is 24.9. The summed E-state index contributed by atoms with van der Waals surface area (Å²) in [6.45, 7) is 8.97. The molecule has 42 heavy (non-hydrogen) atoms. The monoisotopic (exact) mass is 635 g/mol. The lowest BCUT2D eigenvalue weighted by Gasteiger charge is -2.43. The lowest BCUT2D eigenvalue weighted by molar-refractivity contribution is 0.0982. The number of fused-ring (bicyclic) bond motifs is 1. The lowest BCUT2D eigenvalue weighted by atomic mass is 9.88. The smallest absolute Gasteiger partial charge is 0.229 e. The van der Waals surface area contributed by atoms with Gasteiger partial charge in [0, 0.05) is 75.4 Å². The van der Waals surface area contributed by atoms with Gasteiger partial charge in [-0.25, -0.2) is 4.98 Å². The molecule has 3 N–H and O–H groups in total. The van der Waals surface area contributed by atoms with Crippen LogP contribution >= 0.6 is 15.9 Å². The van der Waals surface area contributed by atoms with Crippen LogP contribution in [0.4, 0.5) is 28.8 Å². The fraction of sp³-hybridized carbons (Fsp3) is 0.500. The van der Waals surface area contributed by atoms with Crippen molar-refractivity contribution < 1.29 is 9.84 Å². The van der Waals surface area contributed by atoms with Gasteiger partial charge in [0.2, 0.25) is 5.95 Å². The van der Waals surface area contributed by atoms with Gasteiger partial charge in [0.05, 0.1) is 23.4 Å². The number of anilines is 5. The molecule has 2 aliphatic heterocycles. The van der Waals surface area contributed by atoms with Gasteiger partial charge >= 0.3 is 0 Å². The highest BCUT2D eigenvalue weighted by atomic mass is 79.9. The summed E-state index contributed by atoms with van der Waals surface area (Å²) in [4.78, 5) is 16.9. The van der Waals surface area contributed by atoms with Crippen molar-refractivity contribution in [2.75, 3.05) is 69.0 Å². The Kier molecular flexibility index (Phi) is 8.85. The van der Waals surface area contributed by atoms with Gasteiger partial charge < -0.3 is 30.3 Å². The van der Waals surface area contributed by atoms with Crippen molar-refractivity contribution in [2.24, 2.45) is 0 Å². The molecule has 0 radical (unpaired) electrons. The standard InChI is InChI=1S/C32H42BrN7O2/c1-21-17-28(30(42-3)19-29(21)40-11-9-23(10-12-40)39-15-13-38(2)14-16-39)36-32-34-20-26(33)31(37-32)35-27-6-4-5-22-7-8-24(41)18-25(22)27/h4-6,17,19-20,23-24,41H,7-16,18H2,1-3H3,(H2,34,35,36,37). The van der Waals surface area contributed by atoms with E-state index >= 15 is 0 Å². The Balaban J connectivity index is 1.16. The summed E-state index contributed by atoms with van der Waals surface area (Å²) in [6, 6.07) is 11.2. The molecule has 0 amide bonds. The number of aryl methyl sites for hydroxylation is 2. The number of aliphatic hydroxyl groups excluding tert-OH is 1. The normalized spacial score (nSPS) is 20.3. The summed E-state index contributed by atoms with van der Waals surface area (Å²) < 4.78 is 6.61. The lowest BCUT2D eigenvalue weighted by Crippen LogP contribution is -2.52. The summed E-state index contributed by atoms with van der Waals surface area (Å²) in [5.74, 6) is 1.91. The highest BCUT2D eigenvalue weighted by Crippen LogP contribution is 2.37. The van der Waals surface area contributed by atoms with Gasteiger partial charge in [0.15, 0.2) is 0 Å². The summed E-state index contributed by atoms with van der Waals surface area (Å²) in [7, 11) is 3.93.